The average Bonchev–Trinajstić information content (AvgIpc) is 2.41. The Labute approximate surface area is 109 Å². The lowest BCUT2D eigenvalue weighted by molar-refractivity contribution is 0.131. The summed E-state index contributed by atoms with van der Waals surface area (Å²) in [5.74, 6) is 0. The maximum absolute atomic E-state index is 5.28. The number of nitrogens with zero attached hydrogens (tertiary/aromatic N) is 1. The fraction of sp³-hybridized carbons (Fsp3) is 0.0714. The fourth-order valence-corrected chi connectivity index (χ4v) is 1.73. The van der Waals surface area contributed by atoms with Gasteiger partial charge in [0, 0.05) is 5.56 Å². The molecule has 0 amide bonds. The lowest BCUT2D eigenvalue weighted by atomic mass is 10.2. The number of benzene rings is 2. The summed E-state index contributed by atoms with van der Waals surface area (Å²) in [4.78, 5) is 5.28. The molecule has 17 heavy (non-hydrogen) atoms. The van der Waals surface area contributed by atoms with E-state index in [-0.39, 0.29) is 0 Å². The van der Waals surface area contributed by atoms with Crippen molar-refractivity contribution in [3.8, 4) is 0 Å². The summed E-state index contributed by atoms with van der Waals surface area (Å²) in [6, 6.07) is 19.8. The molecule has 0 radical (unpaired) electrons. The standard InChI is InChI=1S/C14H12BrNO/c15-14(13-9-5-2-6-10-13)16-17-11-12-7-3-1-4-8-12/h1-10H,11H2/b16-14-. The zero-order valence-electron chi connectivity index (χ0n) is 9.21. The van der Waals surface area contributed by atoms with E-state index in [1.54, 1.807) is 0 Å². The van der Waals surface area contributed by atoms with Gasteiger partial charge in [-0.3, -0.25) is 0 Å². The molecule has 86 valence electrons. The molecule has 0 atom stereocenters. The van der Waals surface area contributed by atoms with E-state index in [1.165, 1.54) is 0 Å². The van der Waals surface area contributed by atoms with Crippen molar-refractivity contribution in [3.05, 3.63) is 71.8 Å². The normalized spacial score (nSPS) is 11.2. The van der Waals surface area contributed by atoms with E-state index in [1.807, 2.05) is 60.7 Å². The Hall–Kier alpha value is -1.61. The second kappa shape index (κ2) is 6.21. The lowest BCUT2D eigenvalue weighted by Crippen LogP contribution is -1.93. The minimum Gasteiger partial charge on any atom is -0.390 e. The minimum absolute atomic E-state index is 0.475. The van der Waals surface area contributed by atoms with Gasteiger partial charge in [0.25, 0.3) is 0 Å². The zero-order chi connectivity index (χ0) is 11.9. The summed E-state index contributed by atoms with van der Waals surface area (Å²) in [5.41, 5.74) is 2.10. The summed E-state index contributed by atoms with van der Waals surface area (Å²) >= 11 is 3.38. The molecule has 0 aliphatic rings. The van der Waals surface area contributed by atoms with Gasteiger partial charge in [-0.2, -0.15) is 0 Å². The van der Waals surface area contributed by atoms with Crippen molar-refractivity contribution < 1.29 is 4.84 Å². The molecule has 0 bridgehead atoms. The summed E-state index contributed by atoms with van der Waals surface area (Å²) in [5, 5.41) is 4.02. The van der Waals surface area contributed by atoms with Gasteiger partial charge in [0.15, 0.2) is 4.62 Å². The number of hydrogen-bond acceptors (Lipinski definition) is 2. The molecule has 2 rings (SSSR count). The second-order valence-electron chi connectivity index (χ2n) is 3.51. The van der Waals surface area contributed by atoms with E-state index >= 15 is 0 Å². The van der Waals surface area contributed by atoms with E-state index < -0.39 is 0 Å². The van der Waals surface area contributed by atoms with E-state index in [0.717, 1.165) is 11.1 Å². The van der Waals surface area contributed by atoms with Crippen LogP contribution in [-0.2, 0) is 11.4 Å². The molecule has 2 aromatic rings. The number of hydrogen-bond donors (Lipinski definition) is 0. The maximum Gasteiger partial charge on any atom is 0.152 e. The van der Waals surface area contributed by atoms with Crippen molar-refractivity contribution in [2.45, 2.75) is 6.61 Å². The van der Waals surface area contributed by atoms with Crippen LogP contribution in [-0.4, -0.2) is 4.62 Å². The first-order valence-electron chi connectivity index (χ1n) is 5.31. The highest BCUT2D eigenvalue weighted by atomic mass is 79.9. The van der Waals surface area contributed by atoms with Gasteiger partial charge < -0.3 is 4.84 Å². The van der Waals surface area contributed by atoms with E-state index in [0.29, 0.717) is 11.2 Å². The van der Waals surface area contributed by atoms with Crippen LogP contribution < -0.4 is 0 Å². The minimum atomic E-state index is 0.475. The van der Waals surface area contributed by atoms with Crippen molar-refractivity contribution in [2.24, 2.45) is 5.16 Å². The molecule has 0 heterocycles. The van der Waals surface area contributed by atoms with Gasteiger partial charge in [0.2, 0.25) is 0 Å². The number of oxime groups is 1. The Morgan fingerprint density at radius 2 is 1.53 bits per heavy atom. The molecule has 0 N–H and O–H groups in total. The lowest BCUT2D eigenvalue weighted by Gasteiger charge is -2.01. The first kappa shape index (κ1) is 11.9. The average molecular weight is 290 g/mol. The van der Waals surface area contributed by atoms with Crippen LogP contribution in [0.4, 0.5) is 0 Å². The molecule has 0 aromatic heterocycles. The van der Waals surface area contributed by atoms with Crippen LogP contribution in [0.15, 0.2) is 65.8 Å². The number of rotatable bonds is 4. The third-order valence-electron chi connectivity index (χ3n) is 2.23. The summed E-state index contributed by atoms with van der Waals surface area (Å²) in [7, 11) is 0. The largest absolute Gasteiger partial charge is 0.390 e. The topological polar surface area (TPSA) is 21.6 Å². The second-order valence-corrected chi connectivity index (χ2v) is 4.26. The Morgan fingerprint density at radius 3 is 2.18 bits per heavy atom. The maximum atomic E-state index is 5.28. The molecule has 0 saturated heterocycles. The van der Waals surface area contributed by atoms with Gasteiger partial charge in [-0.1, -0.05) is 65.8 Å². The van der Waals surface area contributed by atoms with Crippen molar-refractivity contribution in [2.75, 3.05) is 0 Å². The van der Waals surface area contributed by atoms with Crippen molar-refractivity contribution in [1.29, 1.82) is 0 Å². The fourth-order valence-electron chi connectivity index (χ4n) is 1.37. The van der Waals surface area contributed by atoms with E-state index in [9.17, 15) is 0 Å². The summed E-state index contributed by atoms with van der Waals surface area (Å²) in [6.45, 7) is 0.475. The zero-order valence-corrected chi connectivity index (χ0v) is 10.8. The van der Waals surface area contributed by atoms with Crippen molar-refractivity contribution in [1.82, 2.24) is 0 Å². The first-order valence-corrected chi connectivity index (χ1v) is 6.10. The Bertz CT molecular complexity index is 482. The van der Waals surface area contributed by atoms with Gasteiger partial charge in [0.05, 0.1) is 0 Å². The molecule has 2 nitrogen and oxygen atoms in total. The van der Waals surface area contributed by atoms with Crippen molar-refractivity contribution in [3.63, 3.8) is 0 Å². The van der Waals surface area contributed by atoms with Crippen LogP contribution in [0, 0.1) is 0 Å². The molecule has 0 aliphatic carbocycles. The van der Waals surface area contributed by atoms with Gasteiger partial charge in [-0.25, -0.2) is 0 Å². The highest BCUT2D eigenvalue weighted by molar-refractivity contribution is 9.18. The number of halogens is 1. The van der Waals surface area contributed by atoms with E-state index in [4.69, 9.17) is 4.84 Å². The molecule has 3 heteroatoms. The highest BCUT2D eigenvalue weighted by Gasteiger charge is 1.98. The van der Waals surface area contributed by atoms with Gasteiger partial charge in [0.1, 0.15) is 6.61 Å². The predicted molar refractivity (Wildman–Crippen MR) is 73.1 cm³/mol. The Morgan fingerprint density at radius 1 is 0.941 bits per heavy atom. The van der Waals surface area contributed by atoms with E-state index in [2.05, 4.69) is 21.1 Å². The Kier molecular flexibility index (Phi) is 4.33. The Balaban J connectivity index is 1.93. The van der Waals surface area contributed by atoms with Crippen LogP contribution in [0.2, 0.25) is 0 Å². The van der Waals surface area contributed by atoms with Gasteiger partial charge in [-0.15, -0.1) is 0 Å². The monoisotopic (exact) mass is 289 g/mol. The summed E-state index contributed by atoms with van der Waals surface area (Å²) < 4.78 is 0.703. The molecule has 0 fully saturated rings. The third-order valence-corrected chi connectivity index (χ3v) is 2.83. The van der Waals surface area contributed by atoms with Crippen LogP contribution in [0.1, 0.15) is 11.1 Å². The molecular formula is C14H12BrNO. The van der Waals surface area contributed by atoms with Crippen LogP contribution in [0.5, 0.6) is 0 Å². The van der Waals surface area contributed by atoms with Crippen LogP contribution >= 0.6 is 15.9 Å². The summed E-state index contributed by atoms with van der Waals surface area (Å²) in [6.07, 6.45) is 0. The SMILES string of the molecule is Br/C(=N\OCc1ccccc1)c1ccccc1. The van der Waals surface area contributed by atoms with Gasteiger partial charge in [-0.05, 0) is 21.5 Å². The third kappa shape index (κ3) is 3.71. The molecule has 0 saturated carbocycles. The molecular weight excluding hydrogens is 278 g/mol. The smallest absolute Gasteiger partial charge is 0.152 e. The quantitative estimate of drug-likeness (QED) is 0.617. The molecule has 0 aliphatic heterocycles. The van der Waals surface area contributed by atoms with Crippen LogP contribution in [0.25, 0.3) is 0 Å². The van der Waals surface area contributed by atoms with Gasteiger partial charge >= 0.3 is 0 Å². The predicted octanol–water partition coefficient (Wildman–Crippen LogP) is 3.96. The van der Waals surface area contributed by atoms with Crippen molar-refractivity contribution >= 4 is 20.6 Å². The molecule has 0 spiro atoms. The first-order chi connectivity index (χ1) is 8.36. The van der Waals surface area contributed by atoms with Crippen LogP contribution in [0.3, 0.4) is 0 Å². The molecule has 0 unspecified atom stereocenters. The highest BCUT2D eigenvalue weighted by Crippen LogP contribution is 2.08. The molecule has 2 aromatic carbocycles.